The third-order valence-electron chi connectivity index (χ3n) is 7.49. The van der Waals surface area contributed by atoms with Crippen LogP contribution in [-0.2, 0) is 4.74 Å². The highest BCUT2D eigenvalue weighted by Crippen LogP contribution is 2.35. The van der Waals surface area contributed by atoms with Crippen LogP contribution >= 0.6 is 0 Å². The Balaban J connectivity index is 1.31. The summed E-state index contributed by atoms with van der Waals surface area (Å²) < 4.78 is 11.9. The van der Waals surface area contributed by atoms with Gasteiger partial charge in [0, 0.05) is 55.1 Å². The molecule has 2 aliphatic rings. The molecule has 0 unspecified atom stereocenters. The first-order valence-corrected chi connectivity index (χ1v) is 13.5. The number of fused-ring (bicyclic) bond motifs is 2. The first kappa shape index (κ1) is 24.5. The molecule has 6 rings (SSSR count). The van der Waals surface area contributed by atoms with Gasteiger partial charge in [0.25, 0.3) is 5.91 Å². The van der Waals surface area contributed by atoms with E-state index in [0.29, 0.717) is 24.8 Å². The van der Waals surface area contributed by atoms with Crippen LogP contribution in [0.2, 0.25) is 0 Å². The lowest BCUT2D eigenvalue weighted by Gasteiger charge is -2.26. The summed E-state index contributed by atoms with van der Waals surface area (Å²) in [7, 11) is 0. The SMILES string of the molecule is C[C@H]1CCN(C(=O)c2ccc(-c3ccc4[nH]ccc4c3)c(OCCN3CCOCC3)c2)c2ccccc2N1. The molecule has 2 aliphatic heterocycles. The lowest BCUT2D eigenvalue weighted by Crippen LogP contribution is -2.38. The zero-order chi connectivity index (χ0) is 25.9. The van der Waals surface area contributed by atoms with E-state index in [-0.39, 0.29) is 5.91 Å². The molecule has 2 N–H and O–H groups in total. The van der Waals surface area contributed by atoms with E-state index in [2.05, 4.69) is 46.4 Å². The average Bonchev–Trinajstić information content (AvgIpc) is 3.35. The number of anilines is 2. The van der Waals surface area contributed by atoms with Gasteiger partial charge in [0.15, 0.2) is 0 Å². The number of carbonyl (C=O) groups is 1. The molecule has 0 spiro atoms. The van der Waals surface area contributed by atoms with Crippen LogP contribution < -0.4 is 15.0 Å². The van der Waals surface area contributed by atoms with Crippen LogP contribution in [0.3, 0.4) is 0 Å². The summed E-state index contributed by atoms with van der Waals surface area (Å²) in [4.78, 5) is 21.4. The molecule has 7 nitrogen and oxygen atoms in total. The topological polar surface area (TPSA) is 69.8 Å². The maximum atomic E-state index is 13.9. The number of H-pyrrole nitrogens is 1. The number of benzene rings is 3. The van der Waals surface area contributed by atoms with E-state index in [9.17, 15) is 4.79 Å². The van der Waals surface area contributed by atoms with E-state index < -0.39 is 0 Å². The Morgan fingerprint density at radius 3 is 2.79 bits per heavy atom. The van der Waals surface area contributed by atoms with Gasteiger partial charge in [-0.25, -0.2) is 0 Å². The Morgan fingerprint density at radius 2 is 1.89 bits per heavy atom. The van der Waals surface area contributed by atoms with Crippen LogP contribution in [0.4, 0.5) is 11.4 Å². The van der Waals surface area contributed by atoms with Gasteiger partial charge in [0.2, 0.25) is 0 Å². The summed E-state index contributed by atoms with van der Waals surface area (Å²) in [5.74, 6) is 0.715. The Bertz CT molecular complexity index is 1430. The van der Waals surface area contributed by atoms with Gasteiger partial charge in [-0.15, -0.1) is 0 Å². The number of ether oxygens (including phenoxy) is 2. The van der Waals surface area contributed by atoms with Crippen molar-refractivity contribution < 1.29 is 14.3 Å². The fourth-order valence-electron chi connectivity index (χ4n) is 5.32. The number of hydrogen-bond acceptors (Lipinski definition) is 5. The molecule has 1 amide bonds. The van der Waals surface area contributed by atoms with Crippen molar-refractivity contribution in [2.75, 3.05) is 56.2 Å². The fraction of sp³-hybridized carbons (Fsp3) is 0.323. The number of morpholine rings is 1. The molecule has 0 saturated carbocycles. The second kappa shape index (κ2) is 10.9. The minimum atomic E-state index is -0.0148. The van der Waals surface area contributed by atoms with Crippen LogP contribution in [0, 0.1) is 0 Å². The van der Waals surface area contributed by atoms with E-state index >= 15 is 0 Å². The molecule has 38 heavy (non-hydrogen) atoms. The molecule has 0 aliphatic carbocycles. The third kappa shape index (κ3) is 5.12. The predicted octanol–water partition coefficient (Wildman–Crippen LogP) is 5.40. The number of aromatic nitrogens is 1. The summed E-state index contributed by atoms with van der Waals surface area (Å²) in [6.45, 7) is 7.53. The predicted molar refractivity (Wildman–Crippen MR) is 152 cm³/mol. The van der Waals surface area contributed by atoms with Crippen LogP contribution in [0.1, 0.15) is 23.7 Å². The maximum Gasteiger partial charge on any atom is 0.258 e. The first-order valence-electron chi connectivity index (χ1n) is 13.5. The zero-order valence-corrected chi connectivity index (χ0v) is 21.8. The normalized spacial score (nSPS) is 18.0. The summed E-state index contributed by atoms with van der Waals surface area (Å²) in [5, 5.41) is 4.68. The van der Waals surface area contributed by atoms with Gasteiger partial charge in [-0.05, 0) is 72.8 Å². The molecule has 1 fully saturated rings. The Labute approximate surface area is 223 Å². The van der Waals surface area contributed by atoms with Crippen molar-refractivity contribution in [1.29, 1.82) is 0 Å². The van der Waals surface area contributed by atoms with Gasteiger partial charge in [0.05, 0.1) is 24.6 Å². The molecule has 7 heteroatoms. The van der Waals surface area contributed by atoms with Gasteiger partial charge in [0.1, 0.15) is 12.4 Å². The van der Waals surface area contributed by atoms with Crippen molar-refractivity contribution in [1.82, 2.24) is 9.88 Å². The molecule has 1 aromatic heterocycles. The Hall–Kier alpha value is -3.81. The molecule has 1 saturated heterocycles. The summed E-state index contributed by atoms with van der Waals surface area (Å²) in [5.41, 5.74) is 5.68. The van der Waals surface area contributed by atoms with Crippen LogP contribution in [0.25, 0.3) is 22.0 Å². The third-order valence-corrected chi connectivity index (χ3v) is 7.49. The maximum absolute atomic E-state index is 13.9. The number of amides is 1. The molecule has 1 atom stereocenters. The minimum absolute atomic E-state index is 0.0148. The van der Waals surface area contributed by atoms with E-state index in [1.54, 1.807) is 0 Å². The lowest BCUT2D eigenvalue weighted by molar-refractivity contribution is 0.0323. The average molecular weight is 511 g/mol. The van der Waals surface area contributed by atoms with Crippen molar-refractivity contribution in [3.63, 3.8) is 0 Å². The van der Waals surface area contributed by atoms with Crippen molar-refractivity contribution in [2.45, 2.75) is 19.4 Å². The van der Waals surface area contributed by atoms with Crippen molar-refractivity contribution in [3.8, 4) is 16.9 Å². The molecular formula is C31H34N4O3. The second-order valence-electron chi connectivity index (χ2n) is 10.1. The highest BCUT2D eigenvalue weighted by atomic mass is 16.5. The zero-order valence-electron chi connectivity index (χ0n) is 21.8. The largest absolute Gasteiger partial charge is 0.492 e. The highest BCUT2D eigenvalue weighted by Gasteiger charge is 2.25. The van der Waals surface area contributed by atoms with Crippen LogP contribution in [-0.4, -0.2) is 67.8 Å². The molecule has 0 radical (unpaired) electrons. The fourth-order valence-corrected chi connectivity index (χ4v) is 5.32. The molecular weight excluding hydrogens is 476 g/mol. The van der Waals surface area contributed by atoms with Crippen molar-refractivity contribution in [2.24, 2.45) is 0 Å². The van der Waals surface area contributed by atoms with E-state index in [1.807, 2.05) is 53.6 Å². The number of carbonyl (C=O) groups excluding carboxylic acids is 1. The molecule has 4 aromatic rings. The van der Waals surface area contributed by atoms with Crippen molar-refractivity contribution in [3.05, 3.63) is 78.5 Å². The Kier molecular flexibility index (Phi) is 7.03. The summed E-state index contributed by atoms with van der Waals surface area (Å²) in [6.07, 6.45) is 2.82. The van der Waals surface area contributed by atoms with Gasteiger partial charge in [-0.2, -0.15) is 0 Å². The quantitative estimate of drug-likeness (QED) is 0.364. The van der Waals surface area contributed by atoms with Gasteiger partial charge in [-0.3, -0.25) is 9.69 Å². The molecule has 3 heterocycles. The van der Waals surface area contributed by atoms with Crippen LogP contribution in [0.15, 0.2) is 72.9 Å². The Morgan fingerprint density at radius 1 is 1.03 bits per heavy atom. The standard InChI is InChI=1S/C31H34N4O3/c1-22-11-13-35(29-5-3-2-4-28(29)33-22)31(36)25-6-8-26(23-7-9-27-24(20-23)10-12-32-27)30(21-25)38-19-16-34-14-17-37-18-15-34/h2-10,12,20-22,32-33H,11,13-19H2,1H3/t22-/m0/s1. The summed E-state index contributed by atoms with van der Waals surface area (Å²) >= 11 is 0. The van der Waals surface area contributed by atoms with E-state index in [0.717, 1.165) is 78.4 Å². The smallest absolute Gasteiger partial charge is 0.258 e. The van der Waals surface area contributed by atoms with Crippen molar-refractivity contribution >= 4 is 28.2 Å². The number of aromatic amines is 1. The van der Waals surface area contributed by atoms with E-state index in [4.69, 9.17) is 9.47 Å². The van der Waals surface area contributed by atoms with Gasteiger partial charge in [-0.1, -0.05) is 18.2 Å². The van der Waals surface area contributed by atoms with Gasteiger partial charge < -0.3 is 24.7 Å². The molecule has 0 bridgehead atoms. The number of hydrogen-bond donors (Lipinski definition) is 2. The number of nitrogens with one attached hydrogen (secondary N) is 2. The van der Waals surface area contributed by atoms with Crippen LogP contribution in [0.5, 0.6) is 5.75 Å². The second-order valence-corrected chi connectivity index (χ2v) is 10.1. The monoisotopic (exact) mass is 510 g/mol. The molecule has 196 valence electrons. The van der Waals surface area contributed by atoms with Gasteiger partial charge >= 0.3 is 0 Å². The molecule has 3 aromatic carbocycles. The highest BCUT2D eigenvalue weighted by molar-refractivity contribution is 6.08. The number of nitrogens with zero attached hydrogens (tertiary/aromatic N) is 2. The number of para-hydroxylation sites is 2. The minimum Gasteiger partial charge on any atom is -0.492 e. The summed E-state index contributed by atoms with van der Waals surface area (Å²) in [6, 6.07) is 22.6. The first-order chi connectivity index (χ1) is 18.7. The lowest BCUT2D eigenvalue weighted by atomic mass is 10.0. The number of rotatable bonds is 6. The van der Waals surface area contributed by atoms with E-state index in [1.165, 1.54) is 0 Å².